The molecule has 0 aromatic carbocycles. The Morgan fingerprint density at radius 2 is 2.44 bits per heavy atom. The number of anilines is 1. The van der Waals surface area contributed by atoms with E-state index >= 15 is 0 Å². The van der Waals surface area contributed by atoms with E-state index in [9.17, 15) is 4.79 Å². The third kappa shape index (κ3) is 2.19. The molecule has 16 heavy (non-hydrogen) atoms. The molecular formula is C9H11N5O2. The van der Waals surface area contributed by atoms with Crippen LogP contribution >= 0.6 is 0 Å². The highest BCUT2D eigenvalue weighted by Crippen LogP contribution is 2.03. The Hall–Kier alpha value is -2.31. The highest BCUT2D eigenvalue weighted by Gasteiger charge is 2.09. The summed E-state index contributed by atoms with van der Waals surface area (Å²) in [6, 6.07) is 3.21. The van der Waals surface area contributed by atoms with Crippen LogP contribution in [0.4, 0.5) is 5.82 Å². The fourth-order valence-corrected chi connectivity index (χ4v) is 1.22. The summed E-state index contributed by atoms with van der Waals surface area (Å²) in [5.41, 5.74) is 6.46. The third-order valence-corrected chi connectivity index (χ3v) is 1.94. The summed E-state index contributed by atoms with van der Waals surface area (Å²) >= 11 is 0. The van der Waals surface area contributed by atoms with Crippen molar-refractivity contribution in [3.8, 4) is 0 Å². The van der Waals surface area contributed by atoms with Gasteiger partial charge in [0, 0.05) is 12.1 Å². The van der Waals surface area contributed by atoms with Crippen molar-refractivity contribution < 1.29 is 9.32 Å². The first kappa shape index (κ1) is 10.2. The van der Waals surface area contributed by atoms with Crippen molar-refractivity contribution in [2.75, 3.05) is 5.73 Å². The number of nitrogens with one attached hydrogen (secondary N) is 2. The molecule has 2 aromatic rings. The van der Waals surface area contributed by atoms with Crippen molar-refractivity contribution in [2.45, 2.75) is 13.5 Å². The third-order valence-electron chi connectivity index (χ3n) is 1.94. The van der Waals surface area contributed by atoms with Crippen molar-refractivity contribution >= 4 is 11.7 Å². The van der Waals surface area contributed by atoms with Gasteiger partial charge in [0.25, 0.3) is 5.91 Å². The van der Waals surface area contributed by atoms with Crippen LogP contribution in [0.2, 0.25) is 0 Å². The molecule has 1 amide bonds. The largest absolute Gasteiger partial charge is 0.382 e. The highest BCUT2D eigenvalue weighted by atomic mass is 16.5. The molecule has 0 fully saturated rings. The average Bonchev–Trinajstić information content (AvgIpc) is 2.84. The van der Waals surface area contributed by atoms with Gasteiger partial charge in [0.15, 0.2) is 5.76 Å². The van der Waals surface area contributed by atoms with Crippen LogP contribution in [0, 0.1) is 6.92 Å². The van der Waals surface area contributed by atoms with Crippen LogP contribution in [0.25, 0.3) is 0 Å². The molecule has 84 valence electrons. The quantitative estimate of drug-likeness (QED) is 0.686. The highest BCUT2D eigenvalue weighted by molar-refractivity contribution is 5.92. The van der Waals surface area contributed by atoms with E-state index in [4.69, 9.17) is 10.3 Å². The standard InChI is InChI=1S/C9H11N5O2/c1-5-2-6(16-14-5)4-11-9(15)7-3-8(10)13-12-7/h2-3H,4H2,1H3,(H,11,15)(H3,10,12,13). The summed E-state index contributed by atoms with van der Waals surface area (Å²) in [4.78, 5) is 11.5. The fourth-order valence-electron chi connectivity index (χ4n) is 1.22. The summed E-state index contributed by atoms with van der Waals surface area (Å²) in [6.45, 7) is 2.09. The van der Waals surface area contributed by atoms with Crippen molar-refractivity contribution in [3.63, 3.8) is 0 Å². The van der Waals surface area contributed by atoms with Gasteiger partial charge in [-0.2, -0.15) is 5.10 Å². The first-order valence-electron chi connectivity index (χ1n) is 4.66. The van der Waals surface area contributed by atoms with Crippen molar-refractivity contribution in [3.05, 3.63) is 29.3 Å². The van der Waals surface area contributed by atoms with Crippen LogP contribution < -0.4 is 11.1 Å². The van der Waals surface area contributed by atoms with Gasteiger partial charge in [-0.3, -0.25) is 9.89 Å². The zero-order chi connectivity index (χ0) is 11.5. The number of nitrogens with two attached hydrogens (primary N) is 1. The molecule has 7 nitrogen and oxygen atoms in total. The molecule has 0 aliphatic rings. The number of aromatic nitrogens is 3. The van der Waals surface area contributed by atoms with Crippen molar-refractivity contribution in [2.24, 2.45) is 0 Å². The maximum atomic E-state index is 11.5. The Labute approximate surface area is 91.0 Å². The molecular weight excluding hydrogens is 210 g/mol. The Morgan fingerprint density at radius 3 is 3.00 bits per heavy atom. The van der Waals surface area contributed by atoms with E-state index in [1.165, 1.54) is 6.07 Å². The van der Waals surface area contributed by atoms with Crippen LogP contribution in [0.3, 0.4) is 0 Å². The number of carbonyl (C=O) groups excluding carboxylic acids is 1. The molecule has 0 aliphatic heterocycles. The van der Waals surface area contributed by atoms with Crippen LogP contribution in [-0.2, 0) is 6.54 Å². The van der Waals surface area contributed by atoms with Crippen molar-refractivity contribution in [1.82, 2.24) is 20.7 Å². The lowest BCUT2D eigenvalue weighted by Crippen LogP contribution is -2.22. The second kappa shape index (κ2) is 4.05. The van der Waals surface area contributed by atoms with Crippen molar-refractivity contribution in [1.29, 1.82) is 0 Å². The lowest BCUT2D eigenvalue weighted by atomic mass is 10.3. The monoisotopic (exact) mass is 221 g/mol. The number of aromatic amines is 1. The molecule has 0 radical (unpaired) electrons. The Kier molecular flexibility index (Phi) is 2.59. The minimum absolute atomic E-state index is 0.276. The first-order chi connectivity index (χ1) is 7.65. The van der Waals surface area contributed by atoms with Crippen LogP contribution in [0.1, 0.15) is 21.9 Å². The number of nitrogens with zero attached hydrogens (tertiary/aromatic N) is 2. The maximum Gasteiger partial charge on any atom is 0.269 e. The van der Waals surface area contributed by atoms with Gasteiger partial charge in [-0.05, 0) is 6.92 Å². The number of hydrogen-bond donors (Lipinski definition) is 3. The summed E-state index contributed by atoms with van der Waals surface area (Å²) in [6.07, 6.45) is 0. The molecule has 4 N–H and O–H groups in total. The summed E-state index contributed by atoms with van der Waals surface area (Å²) in [5.74, 6) is 0.581. The molecule has 0 saturated carbocycles. The lowest BCUT2D eigenvalue weighted by Gasteiger charge is -1.98. The summed E-state index contributed by atoms with van der Waals surface area (Å²) in [5, 5.41) is 12.5. The van der Waals surface area contributed by atoms with Gasteiger partial charge in [-0.15, -0.1) is 0 Å². The van der Waals surface area contributed by atoms with E-state index in [0.717, 1.165) is 5.69 Å². The van der Waals surface area contributed by atoms with E-state index in [1.54, 1.807) is 6.07 Å². The Bertz CT molecular complexity index is 501. The maximum absolute atomic E-state index is 11.5. The molecule has 2 heterocycles. The average molecular weight is 221 g/mol. The molecule has 7 heteroatoms. The Morgan fingerprint density at radius 1 is 1.62 bits per heavy atom. The number of nitrogen functional groups attached to an aromatic ring is 1. The van der Waals surface area contributed by atoms with Gasteiger partial charge < -0.3 is 15.6 Å². The molecule has 0 saturated heterocycles. The predicted molar refractivity (Wildman–Crippen MR) is 55.4 cm³/mol. The number of H-pyrrole nitrogens is 1. The smallest absolute Gasteiger partial charge is 0.269 e. The molecule has 0 bridgehead atoms. The van der Waals surface area contributed by atoms with Gasteiger partial charge in [0.05, 0.1) is 12.2 Å². The van der Waals surface area contributed by atoms with Gasteiger partial charge in [0.1, 0.15) is 11.5 Å². The molecule has 0 aliphatic carbocycles. The summed E-state index contributed by atoms with van der Waals surface area (Å²) < 4.78 is 4.94. The van der Waals surface area contributed by atoms with Crippen LogP contribution in [0.15, 0.2) is 16.7 Å². The number of amides is 1. The molecule has 0 spiro atoms. The first-order valence-corrected chi connectivity index (χ1v) is 4.66. The zero-order valence-corrected chi connectivity index (χ0v) is 8.65. The number of rotatable bonds is 3. The van der Waals surface area contributed by atoms with Gasteiger partial charge in [-0.1, -0.05) is 5.16 Å². The number of hydrogen-bond acceptors (Lipinski definition) is 5. The van der Waals surface area contributed by atoms with Gasteiger partial charge in [-0.25, -0.2) is 0 Å². The number of aryl methyl sites for hydroxylation is 1. The van der Waals surface area contributed by atoms with E-state index in [2.05, 4.69) is 20.7 Å². The topological polar surface area (TPSA) is 110 Å². The van der Waals surface area contributed by atoms with E-state index in [1.807, 2.05) is 6.92 Å². The Balaban J connectivity index is 1.93. The molecule has 2 rings (SSSR count). The fraction of sp³-hybridized carbons (Fsp3) is 0.222. The molecule has 0 atom stereocenters. The second-order valence-corrected chi connectivity index (χ2v) is 3.32. The minimum atomic E-state index is -0.293. The predicted octanol–water partition coefficient (Wildman–Crippen LogP) is 0.218. The SMILES string of the molecule is Cc1cc(CNC(=O)c2cc(N)n[nH]2)on1. The summed E-state index contributed by atoms with van der Waals surface area (Å²) in [7, 11) is 0. The van der Waals surface area contributed by atoms with E-state index < -0.39 is 0 Å². The van der Waals surface area contributed by atoms with Crippen LogP contribution in [-0.4, -0.2) is 21.3 Å². The second-order valence-electron chi connectivity index (χ2n) is 3.32. The van der Waals surface area contributed by atoms with Crippen LogP contribution in [0.5, 0.6) is 0 Å². The molecule has 0 unspecified atom stereocenters. The van der Waals surface area contributed by atoms with Gasteiger partial charge in [0.2, 0.25) is 0 Å². The zero-order valence-electron chi connectivity index (χ0n) is 8.65. The van der Waals surface area contributed by atoms with Gasteiger partial charge >= 0.3 is 0 Å². The minimum Gasteiger partial charge on any atom is -0.382 e. The van der Waals surface area contributed by atoms with E-state index in [0.29, 0.717) is 11.5 Å². The number of carbonyl (C=O) groups is 1. The molecule has 2 aromatic heterocycles. The van der Waals surface area contributed by atoms with E-state index in [-0.39, 0.29) is 18.3 Å². The lowest BCUT2D eigenvalue weighted by molar-refractivity contribution is 0.0942. The normalized spacial score (nSPS) is 10.3.